The van der Waals surface area contributed by atoms with Gasteiger partial charge in [-0.3, -0.25) is 0 Å². The molecule has 0 heterocycles. The van der Waals surface area contributed by atoms with Crippen molar-refractivity contribution in [2.24, 2.45) is 0 Å². The van der Waals surface area contributed by atoms with Crippen molar-refractivity contribution in [2.45, 2.75) is 44.9 Å². The maximum atomic E-state index is 9.25. The standard InChI is InChI=1S/C13H23BO2Si/c1-17(2,3)11-7-6-9-12-8-4-5-10-13(12)14(15)16/h4-5,8,10,15-16H,6-7,9,11H2,1-3H3. The van der Waals surface area contributed by atoms with Crippen LogP contribution in [0.2, 0.25) is 25.7 Å². The fourth-order valence-electron chi connectivity index (χ4n) is 1.98. The van der Waals surface area contributed by atoms with Crippen LogP contribution in [0.4, 0.5) is 0 Å². The van der Waals surface area contributed by atoms with Gasteiger partial charge in [0.05, 0.1) is 0 Å². The van der Waals surface area contributed by atoms with Gasteiger partial charge in [0.1, 0.15) is 0 Å². The first-order valence-corrected chi connectivity index (χ1v) is 10.0. The Hall–Kier alpha value is -0.578. The van der Waals surface area contributed by atoms with E-state index < -0.39 is 15.2 Å². The molecule has 0 aromatic heterocycles. The summed E-state index contributed by atoms with van der Waals surface area (Å²) in [5.41, 5.74) is 1.72. The van der Waals surface area contributed by atoms with Crippen molar-refractivity contribution < 1.29 is 10.0 Å². The minimum atomic E-state index is -1.34. The molecule has 1 aromatic rings. The zero-order chi connectivity index (χ0) is 12.9. The minimum absolute atomic E-state index is 0.653. The van der Waals surface area contributed by atoms with E-state index in [9.17, 15) is 10.0 Å². The molecule has 0 aliphatic carbocycles. The predicted molar refractivity (Wildman–Crippen MR) is 77.4 cm³/mol. The minimum Gasteiger partial charge on any atom is -0.423 e. The molecule has 0 aliphatic heterocycles. The zero-order valence-corrected chi connectivity index (χ0v) is 12.1. The Morgan fingerprint density at radius 3 is 2.29 bits per heavy atom. The number of aryl methyl sites for hydroxylation is 1. The second-order valence-electron chi connectivity index (χ2n) is 5.84. The molecule has 0 unspecified atom stereocenters. The molecule has 0 aliphatic rings. The van der Waals surface area contributed by atoms with E-state index in [1.165, 1.54) is 12.5 Å². The second kappa shape index (κ2) is 6.38. The Labute approximate surface area is 106 Å². The summed E-state index contributed by atoms with van der Waals surface area (Å²) in [5.74, 6) is 0. The Balaban J connectivity index is 2.47. The Morgan fingerprint density at radius 2 is 1.71 bits per heavy atom. The van der Waals surface area contributed by atoms with Crippen molar-refractivity contribution in [3.63, 3.8) is 0 Å². The first kappa shape index (κ1) is 14.5. The van der Waals surface area contributed by atoms with E-state index in [0.29, 0.717) is 5.46 Å². The van der Waals surface area contributed by atoms with Crippen molar-refractivity contribution in [3.05, 3.63) is 29.8 Å². The molecule has 0 atom stereocenters. The van der Waals surface area contributed by atoms with E-state index in [2.05, 4.69) is 19.6 Å². The van der Waals surface area contributed by atoms with Gasteiger partial charge in [0.2, 0.25) is 0 Å². The topological polar surface area (TPSA) is 40.5 Å². The van der Waals surface area contributed by atoms with Crippen molar-refractivity contribution in [1.29, 1.82) is 0 Å². The summed E-state index contributed by atoms with van der Waals surface area (Å²) in [7, 11) is -2.27. The summed E-state index contributed by atoms with van der Waals surface area (Å²) in [6.07, 6.45) is 3.32. The van der Waals surface area contributed by atoms with Gasteiger partial charge in [-0.15, -0.1) is 0 Å². The van der Waals surface area contributed by atoms with Crippen LogP contribution >= 0.6 is 0 Å². The maximum absolute atomic E-state index is 9.25. The Kier molecular flexibility index (Phi) is 5.44. The lowest BCUT2D eigenvalue weighted by Crippen LogP contribution is -2.32. The molecule has 0 radical (unpaired) electrons. The largest absolute Gasteiger partial charge is 0.488 e. The third kappa shape index (κ3) is 5.53. The Bertz CT molecular complexity index is 348. The van der Waals surface area contributed by atoms with Gasteiger partial charge in [0.15, 0.2) is 0 Å². The second-order valence-corrected chi connectivity index (χ2v) is 11.5. The van der Waals surface area contributed by atoms with Gasteiger partial charge in [-0.05, 0) is 23.9 Å². The third-order valence-corrected chi connectivity index (χ3v) is 4.81. The molecule has 0 spiro atoms. The van der Waals surface area contributed by atoms with Crippen LogP contribution in [0.5, 0.6) is 0 Å². The first-order chi connectivity index (χ1) is 7.90. The highest BCUT2D eigenvalue weighted by Gasteiger charge is 2.15. The number of benzene rings is 1. The van der Waals surface area contributed by atoms with Crippen molar-refractivity contribution in [3.8, 4) is 0 Å². The van der Waals surface area contributed by atoms with Gasteiger partial charge in [-0.2, -0.15) is 0 Å². The zero-order valence-electron chi connectivity index (χ0n) is 11.1. The highest BCUT2D eigenvalue weighted by molar-refractivity contribution is 6.76. The molecular formula is C13H23BO2Si. The highest BCUT2D eigenvalue weighted by Crippen LogP contribution is 2.14. The quantitative estimate of drug-likeness (QED) is 0.599. The first-order valence-electron chi connectivity index (χ1n) is 6.34. The van der Waals surface area contributed by atoms with Gasteiger partial charge in [-0.1, -0.05) is 56.4 Å². The Morgan fingerprint density at radius 1 is 1.06 bits per heavy atom. The van der Waals surface area contributed by atoms with Crippen LogP contribution in [0.3, 0.4) is 0 Å². The molecule has 0 bridgehead atoms. The average Bonchev–Trinajstić information content (AvgIpc) is 2.23. The fourth-order valence-corrected chi connectivity index (χ4v) is 3.30. The van der Waals surface area contributed by atoms with Crippen LogP contribution < -0.4 is 5.46 Å². The van der Waals surface area contributed by atoms with E-state index in [-0.39, 0.29) is 0 Å². The lowest BCUT2D eigenvalue weighted by atomic mass is 9.76. The molecule has 2 N–H and O–H groups in total. The van der Waals surface area contributed by atoms with Crippen LogP contribution in [0.1, 0.15) is 18.4 Å². The summed E-state index contributed by atoms with van der Waals surface area (Å²) >= 11 is 0. The number of hydrogen-bond donors (Lipinski definition) is 2. The molecule has 0 saturated heterocycles. The van der Waals surface area contributed by atoms with Gasteiger partial charge in [0, 0.05) is 8.07 Å². The van der Waals surface area contributed by atoms with Gasteiger partial charge >= 0.3 is 7.12 Å². The number of rotatable bonds is 6. The normalized spacial score (nSPS) is 11.6. The van der Waals surface area contributed by atoms with Gasteiger partial charge < -0.3 is 10.0 Å². The predicted octanol–water partition coefficient (Wildman–Crippen LogP) is 2.03. The van der Waals surface area contributed by atoms with Crippen molar-refractivity contribution in [2.75, 3.05) is 0 Å². The SMILES string of the molecule is C[Si](C)(C)CCCCc1ccccc1B(O)O. The summed E-state index contributed by atoms with van der Waals surface area (Å²) in [6.45, 7) is 7.16. The summed E-state index contributed by atoms with van der Waals surface area (Å²) in [5, 5.41) is 18.5. The number of unbranched alkanes of at least 4 members (excludes halogenated alkanes) is 1. The molecule has 0 fully saturated rings. The van der Waals surface area contributed by atoms with Crippen LogP contribution in [0.25, 0.3) is 0 Å². The lowest BCUT2D eigenvalue weighted by molar-refractivity contribution is 0.425. The van der Waals surface area contributed by atoms with Crippen molar-refractivity contribution >= 4 is 20.7 Å². The molecule has 1 aromatic carbocycles. The molecule has 0 saturated carbocycles. The smallest absolute Gasteiger partial charge is 0.423 e. The summed E-state index contributed by atoms with van der Waals surface area (Å²) in [6, 6.07) is 8.93. The lowest BCUT2D eigenvalue weighted by Gasteiger charge is -2.15. The number of hydrogen-bond acceptors (Lipinski definition) is 2. The van der Waals surface area contributed by atoms with E-state index >= 15 is 0 Å². The van der Waals surface area contributed by atoms with Crippen LogP contribution in [0.15, 0.2) is 24.3 Å². The molecule has 17 heavy (non-hydrogen) atoms. The molecule has 2 nitrogen and oxygen atoms in total. The third-order valence-electron chi connectivity index (χ3n) is 2.96. The molecular weight excluding hydrogens is 227 g/mol. The molecule has 1 rings (SSSR count). The monoisotopic (exact) mass is 250 g/mol. The van der Waals surface area contributed by atoms with Crippen LogP contribution in [-0.4, -0.2) is 25.2 Å². The van der Waals surface area contributed by atoms with Gasteiger partial charge in [0.25, 0.3) is 0 Å². The molecule has 94 valence electrons. The van der Waals surface area contributed by atoms with E-state index in [1.54, 1.807) is 6.07 Å². The van der Waals surface area contributed by atoms with Crippen LogP contribution in [-0.2, 0) is 6.42 Å². The average molecular weight is 250 g/mol. The fraction of sp³-hybridized carbons (Fsp3) is 0.538. The highest BCUT2D eigenvalue weighted by atomic mass is 28.3. The van der Waals surface area contributed by atoms with Gasteiger partial charge in [-0.25, -0.2) is 0 Å². The van der Waals surface area contributed by atoms with Crippen LogP contribution in [0, 0.1) is 0 Å². The van der Waals surface area contributed by atoms with E-state index in [1.807, 2.05) is 18.2 Å². The molecule has 4 heteroatoms. The summed E-state index contributed by atoms with van der Waals surface area (Å²) in [4.78, 5) is 0. The van der Waals surface area contributed by atoms with E-state index in [0.717, 1.165) is 18.4 Å². The molecule has 0 amide bonds. The maximum Gasteiger partial charge on any atom is 0.488 e. The summed E-state index contributed by atoms with van der Waals surface area (Å²) < 4.78 is 0. The van der Waals surface area contributed by atoms with E-state index in [4.69, 9.17) is 0 Å². The van der Waals surface area contributed by atoms with Crippen molar-refractivity contribution in [1.82, 2.24) is 0 Å².